The highest BCUT2D eigenvalue weighted by molar-refractivity contribution is 7.89. The third-order valence-electron chi connectivity index (χ3n) is 4.00. The summed E-state index contributed by atoms with van der Waals surface area (Å²) in [5, 5.41) is 4.45. The minimum Gasteiger partial charge on any atom is -0.381 e. The van der Waals surface area contributed by atoms with E-state index in [1.807, 2.05) is 22.9 Å². The van der Waals surface area contributed by atoms with E-state index >= 15 is 0 Å². The summed E-state index contributed by atoms with van der Waals surface area (Å²) in [6, 6.07) is 9.22. The summed E-state index contributed by atoms with van der Waals surface area (Å²) >= 11 is 0. The summed E-state index contributed by atoms with van der Waals surface area (Å²) < 4.78 is 33.9. The van der Waals surface area contributed by atoms with Crippen molar-refractivity contribution in [2.45, 2.75) is 30.7 Å². The molecule has 1 aliphatic rings. The molecule has 6 nitrogen and oxygen atoms in total. The topological polar surface area (TPSA) is 73.2 Å². The lowest BCUT2D eigenvalue weighted by Crippen LogP contribution is -2.23. The van der Waals surface area contributed by atoms with Crippen molar-refractivity contribution in [1.29, 1.82) is 0 Å². The Bertz CT molecular complexity index is 747. The number of rotatable bonds is 5. The molecule has 0 radical (unpaired) electrons. The predicted molar refractivity (Wildman–Crippen MR) is 87.6 cm³/mol. The van der Waals surface area contributed by atoms with Crippen LogP contribution < -0.4 is 4.72 Å². The molecule has 1 fully saturated rings. The second-order valence-corrected chi connectivity index (χ2v) is 7.30. The molecular formula is C16H21N3O3S. The highest BCUT2D eigenvalue weighted by Crippen LogP contribution is 2.28. The largest absolute Gasteiger partial charge is 0.381 e. The van der Waals surface area contributed by atoms with Crippen molar-refractivity contribution < 1.29 is 13.2 Å². The maximum absolute atomic E-state index is 12.0. The summed E-state index contributed by atoms with van der Waals surface area (Å²) in [5.74, 6) is 0. The number of benzene rings is 1. The zero-order valence-electron chi connectivity index (χ0n) is 13.1. The van der Waals surface area contributed by atoms with Crippen LogP contribution in [0.25, 0.3) is 11.3 Å². The standard InChI is InChI=1S/C16H21N3O3S/c1-2-18-23(20,21)15-5-3-13(4-6-15)16-7-10-17-19(16)14-8-11-22-12-9-14/h3-7,10,14,18H,2,8-9,11-12H2,1H3. The quantitative estimate of drug-likeness (QED) is 0.909. The lowest BCUT2D eigenvalue weighted by atomic mass is 10.1. The molecule has 2 heterocycles. The van der Waals surface area contributed by atoms with Crippen molar-refractivity contribution in [3.05, 3.63) is 36.5 Å². The van der Waals surface area contributed by atoms with Gasteiger partial charge in [0.25, 0.3) is 0 Å². The Kier molecular flexibility index (Phi) is 4.79. The Morgan fingerprint density at radius 3 is 2.57 bits per heavy atom. The van der Waals surface area contributed by atoms with E-state index in [0.717, 1.165) is 37.3 Å². The van der Waals surface area contributed by atoms with Gasteiger partial charge in [-0.3, -0.25) is 4.68 Å². The fraction of sp³-hybridized carbons (Fsp3) is 0.438. The molecule has 23 heavy (non-hydrogen) atoms. The van der Waals surface area contributed by atoms with Crippen molar-refractivity contribution in [2.75, 3.05) is 19.8 Å². The van der Waals surface area contributed by atoms with Crippen LogP contribution in [0.4, 0.5) is 0 Å². The Morgan fingerprint density at radius 2 is 1.91 bits per heavy atom. The van der Waals surface area contributed by atoms with E-state index in [-0.39, 0.29) is 4.90 Å². The molecule has 3 rings (SSSR count). The van der Waals surface area contributed by atoms with E-state index in [2.05, 4.69) is 9.82 Å². The van der Waals surface area contributed by atoms with Crippen LogP contribution in [0.5, 0.6) is 0 Å². The Morgan fingerprint density at radius 1 is 1.22 bits per heavy atom. The molecule has 0 bridgehead atoms. The number of ether oxygens (including phenoxy) is 1. The van der Waals surface area contributed by atoms with Gasteiger partial charge in [-0.05, 0) is 36.6 Å². The van der Waals surface area contributed by atoms with Crippen LogP contribution in [0.3, 0.4) is 0 Å². The SMILES string of the molecule is CCNS(=O)(=O)c1ccc(-c2ccnn2C2CCOCC2)cc1. The van der Waals surface area contributed by atoms with E-state index < -0.39 is 10.0 Å². The fourth-order valence-electron chi connectivity index (χ4n) is 2.84. The zero-order valence-corrected chi connectivity index (χ0v) is 13.9. The molecule has 124 valence electrons. The zero-order chi connectivity index (χ0) is 16.3. The molecule has 0 unspecified atom stereocenters. The summed E-state index contributed by atoms with van der Waals surface area (Å²) in [7, 11) is -3.42. The van der Waals surface area contributed by atoms with Crippen LogP contribution in [0.15, 0.2) is 41.4 Å². The second-order valence-electron chi connectivity index (χ2n) is 5.53. The number of hydrogen-bond acceptors (Lipinski definition) is 4. The van der Waals surface area contributed by atoms with E-state index in [1.54, 1.807) is 25.3 Å². The van der Waals surface area contributed by atoms with Crippen LogP contribution in [0.2, 0.25) is 0 Å². The van der Waals surface area contributed by atoms with Crippen LogP contribution in [0.1, 0.15) is 25.8 Å². The first-order valence-corrected chi connectivity index (χ1v) is 9.31. The first-order chi connectivity index (χ1) is 11.1. The highest BCUT2D eigenvalue weighted by Gasteiger charge is 2.20. The molecule has 0 spiro atoms. The van der Waals surface area contributed by atoms with Crippen LogP contribution in [-0.2, 0) is 14.8 Å². The van der Waals surface area contributed by atoms with Gasteiger partial charge < -0.3 is 4.74 Å². The van der Waals surface area contributed by atoms with Gasteiger partial charge in [0.1, 0.15) is 0 Å². The van der Waals surface area contributed by atoms with E-state index in [1.165, 1.54) is 0 Å². The third-order valence-corrected chi connectivity index (χ3v) is 5.56. The molecule has 1 aromatic carbocycles. The van der Waals surface area contributed by atoms with Crippen molar-refractivity contribution in [2.24, 2.45) is 0 Å². The summed E-state index contributed by atoms with van der Waals surface area (Å²) in [6.07, 6.45) is 3.68. The smallest absolute Gasteiger partial charge is 0.240 e. The van der Waals surface area contributed by atoms with Crippen molar-refractivity contribution in [3.8, 4) is 11.3 Å². The number of nitrogens with one attached hydrogen (secondary N) is 1. The minimum absolute atomic E-state index is 0.278. The van der Waals surface area contributed by atoms with Gasteiger partial charge in [-0.2, -0.15) is 5.10 Å². The molecule has 0 aliphatic carbocycles. The Balaban J connectivity index is 1.87. The molecule has 2 aromatic rings. The van der Waals surface area contributed by atoms with Crippen LogP contribution >= 0.6 is 0 Å². The number of sulfonamides is 1. The van der Waals surface area contributed by atoms with E-state index in [9.17, 15) is 8.42 Å². The lowest BCUT2D eigenvalue weighted by molar-refractivity contribution is 0.0667. The summed E-state index contributed by atoms with van der Waals surface area (Å²) in [5.41, 5.74) is 1.97. The number of hydrogen-bond donors (Lipinski definition) is 1. The van der Waals surface area contributed by atoms with E-state index in [0.29, 0.717) is 12.6 Å². The van der Waals surface area contributed by atoms with E-state index in [4.69, 9.17) is 4.74 Å². The fourth-order valence-corrected chi connectivity index (χ4v) is 3.88. The first-order valence-electron chi connectivity index (χ1n) is 7.83. The average Bonchev–Trinajstić information content (AvgIpc) is 3.05. The third kappa shape index (κ3) is 3.46. The van der Waals surface area contributed by atoms with Gasteiger partial charge in [0.2, 0.25) is 10.0 Å². The molecule has 1 aromatic heterocycles. The maximum atomic E-state index is 12.0. The summed E-state index contributed by atoms with van der Waals surface area (Å²) in [4.78, 5) is 0.278. The number of aromatic nitrogens is 2. The van der Waals surface area contributed by atoms with Crippen molar-refractivity contribution in [3.63, 3.8) is 0 Å². The average molecular weight is 335 g/mol. The van der Waals surface area contributed by atoms with Gasteiger partial charge in [-0.25, -0.2) is 13.1 Å². The highest BCUT2D eigenvalue weighted by atomic mass is 32.2. The molecule has 1 N–H and O–H groups in total. The monoisotopic (exact) mass is 335 g/mol. The molecule has 0 amide bonds. The van der Waals surface area contributed by atoms with Crippen LogP contribution in [0, 0.1) is 0 Å². The van der Waals surface area contributed by atoms with Crippen LogP contribution in [-0.4, -0.2) is 38.0 Å². The predicted octanol–water partition coefficient (Wildman–Crippen LogP) is 2.20. The normalized spacial score (nSPS) is 16.6. The number of nitrogens with zero attached hydrogens (tertiary/aromatic N) is 2. The second kappa shape index (κ2) is 6.82. The molecule has 1 aliphatic heterocycles. The van der Waals surface area contributed by atoms with Gasteiger partial charge in [0, 0.05) is 26.0 Å². The van der Waals surface area contributed by atoms with Gasteiger partial charge in [-0.15, -0.1) is 0 Å². The Labute approximate surface area is 136 Å². The maximum Gasteiger partial charge on any atom is 0.240 e. The minimum atomic E-state index is -3.42. The van der Waals surface area contributed by atoms with Crippen molar-refractivity contribution in [1.82, 2.24) is 14.5 Å². The van der Waals surface area contributed by atoms with Gasteiger partial charge >= 0.3 is 0 Å². The van der Waals surface area contributed by atoms with Crippen molar-refractivity contribution >= 4 is 10.0 Å². The molecule has 1 saturated heterocycles. The van der Waals surface area contributed by atoms with Gasteiger partial charge in [-0.1, -0.05) is 19.1 Å². The molecule has 0 saturated carbocycles. The van der Waals surface area contributed by atoms with Gasteiger partial charge in [0.15, 0.2) is 0 Å². The first kappa shape index (κ1) is 16.2. The Hall–Kier alpha value is -1.70. The molecule has 7 heteroatoms. The summed E-state index contributed by atoms with van der Waals surface area (Å²) in [6.45, 7) is 3.65. The van der Waals surface area contributed by atoms with Gasteiger partial charge in [0.05, 0.1) is 16.6 Å². The molecular weight excluding hydrogens is 314 g/mol. The molecule has 0 atom stereocenters. The lowest BCUT2D eigenvalue weighted by Gasteiger charge is -2.24.